The first-order chi connectivity index (χ1) is 7.79. The van der Waals surface area contributed by atoms with E-state index in [1.165, 1.54) is 17.0 Å². The van der Waals surface area contributed by atoms with Crippen LogP contribution in [-0.4, -0.2) is 16.2 Å². The number of unbranched alkanes of at least 4 members (excludes halogenated alkanes) is 1. The van der Waals surface area contributed by atoms with E-state index in [1.807, 2.05) is 0 Å². The average Bonchev–Trinajstić information content (AvgIpc) is 2.78. The fourth-order valence-corrected chi connectivity index (χ4v) is 3.27. The minimum absolute atomic E-state index is 0.0911. The molecule has 1 aliphatic carbocycles. The first kappa shape index (κ1) is 12.0. The summed E-state index contributed by atoms with van der Waals surface area (Å²) in [5.74, 6) is 0.0911. The monoisotopic (exact) mass is 302 g/mol. The van der Waals surface area contributed by atoms with Gasteiger partial charge in [0.05, 0.1) is 5.69 Å². The van der Waals surface area contributed by atoms with E-state index in [0.717, 1.165) is 36.1 Å². The van der Waals surface area contributed by atoms with Crippen LogP contribution in [0, 0.1) is 0 Å². The number of nitrogens with zero attached hydrogens (tertiary/aromatic N) is 1. The van der Waals surface area contributed by atoms with Crippen molar-refractivity contribution in [3.63, 3.8) is 0 Å². The van der Waals surface area contributed by atoms with Gasteiger partial charge in [-0.3, -0.25) is 4.79 Å². The van der Waals surface area contributed by atoms with Gasteiger partial charge in [0.2, 0.25) is 5.91 Å². The van der Waals surface area contributed by atoms with Gasteiger partial charge in [-0.15, -0.1) is 11.3 Å². The predicted molar refractivity (Wildman–Crippen MR) is 70.4 cm³/mol. The third-order valence-electron chi connectivity index (χ3n) is 2.63. The first-order valence-electron chi connectivity index (χ1n) is 5.64. The quantitative estimate of drug-likeness (QED) is 0.671. The summed E-state index contributed by atoms with van der Waals surface area (Å²) in [6.07, 6.45) is 5.99. The number of hydrogen-bond acceptors (Lipinski definition) is 3. The molecule has 0 spiro atoms. The van der Waals surface area contributed by atoms with Gasteiger partial charge in [-0.25, -0.2) is 4.98 Å². The summed E-state index contributed by atoms with van der Waals surface area (Å²) >= 11 is 4.99. The molecule has 0 aromatic carbocycles. The Bertz CT molecular complexity index is 357. The molecule has 1 aromatic heterocycles. The van der Waals surface area contributed by atoms with Gasteiger partial charge < -0.3 is 5.32 Å². The molecule has 0 bridgehead atoms. The number of aromatic nitrogens is 1. The van der Waals surface area contributed by atoms with E-state index in [9.17, 15) is 4.79 Å². The number of carbonyl (C=O) groups excluding carboxylic acids is 1. The molecule has 0 unspecified atom stereocenters. The number of rotatable bonds is 5. The maximum atomic E-state index is 11.6. The molecule has 1 amide bonds. The molecule has 0 saturated carbocycles. The van der Waals surface area contributed by atoms with Gasteiger partial charge in [0.1, 0.15) is 0 Å². The molecule has 5 heteroatoms. The second-order valence-corrected chi connectivity index (χ2v) is 5.81. The van der Waals surface area contributed by atoms with Crippen molar-refractivity contribution in [3.8, 4) is 0 Å². The molecule has 1 N–H and O–H groups in total. The molecule has 0 saturated heterocycles. The zero-order valence-electron chi connectivity index (χ0n) is 9.09. The first-order valence-corrected chi connectivity index (χ1v) is 7.58. The lowest BCUT2D eigenvalue weighted by molar-refractivity contribution is -0.116. The lowest BCUT2D eigenvalue weighted by Crippen LogP contribution is -2.10. The van der Waals surface area contributed by atoms with E-state index < -0.39 is 0 Å². The SMILES string of the molecule is O=C(CCCCBr)Nc1nc2c(s1)CCC2. The van der Waals surface area contributed by atoms with Gasteiger partial charge in [0, 0.05) is 16.6 Å². The summed E-state index contributed by atoms with van der Waals surface area (Å²) in [6, 6.07) is 0. The van der Waals surface area contributed by atoms with Crippen LogP contribution in [0.15, 0.2) is 0 Å². The largest absolute Gasteiger partial charge is 0.302 e. The topological polar surface area (TPSA) is 42.0 Å². The highest BCUT2D eigenvalue weighted by atomic mass is 79.9. The van der Waals surface area contributed by atoms with Gasteiger partial charge in [-0.2, -0.15) is 0 Å². The number of aryl methyl sites for hydroxylation is 2. The molecule has 1 aliphatic rings. The maximum absolute atomic E-state index is 11.6. The highest BCUT2D eigenvalue weighted by molar-refractivity contribution is 9.09. The van der Waals surface area contributed by atoms with Crippen LogP contribution in [0.1, 0.15) is 36.3 Å². The fourth-order valence-electron chi connectivity index (χ4n) is 1.81. The molecule has 3 nitrogen and oxygen atoms in total. The summed E-state index contributed by atoms with van der Waals surface area (Å²) in [7, 11) is 0. The Morgan fingerprint density at radius 1 is 1.44 bits per heavy atom. The van der Waals surface area contributed by atoms with Gasteiger partial charge in [0.15, 0.2) is 5.13 Å². The van der Waals surface area contributed by atoms with Crippen molar-refractivity contribution in [1.82, 2.24) is 4.98 Å². The lowest BCUT2D eigenvalue weighted by atomic mass is 10.2. The zero-order valence-corrected chi connectivity index (χ0v) is 11.5. The molecule has 2 rings (SSSR count). The predicted octanol–water partition coefficient (Wildman–Crippen LogP) is 3.14. The number of alkyl halides is 1. The molecule has 16 heavy (non-hydrogen) atoms. The molecule has 0 atom stereocenters. The zero-order chi connectivity index (χ0) is 11.4. The van der Waals surface area contributed by atoms with Crippen molar-refractivity contribution in [2.24, 2.45) is 0 Å². The van der Waals surface area contributed by atoms with Crippen LogP contribution in [0.3, 0.4) is 0 Å². The van der Waals surface area contributed by atoms with Crippen LogP contribution >= 0.6 is 27.3 Å². The van der Waals surface area contributed by atoms with Crippen LogP contribution in [0.5, 0.6) is 0 Å². The van der Waals surface area contributed by atoms with E-state index in [1.54, 1.807) is 11.3 Å². The van der Waals surface area contributed by atoms with Crippen LogP contribution in [-0.2, 0) is 17.6 Å². The molecular formula is C11H15BrN2OS. The Kier molecular flexibility index (Phi) is 4.35. The number of anilines is 1. The van der Waals surface area contributed by atoms with E-state index in [-0.39, 0.29) is 5.91 Å². The Morgan fingerprint density at radius 3 is 3.06 bits per heavy atom. The van der Waals surface area contributed by atoms with Crippen molar-refractivity contribution in [2.45, 2.75) is 38.5 Å². The minimum Gasteiger partial charge on any atom is -0.302 e. The van der Waals surface area contributed by atoms with Crippen LogP contribution < -0.4 is 5.32 Å². The highest BCUT2D eigenvalue weighted by Gasteiger charge is 2.17. The molecule has 0 radical (unpaired) electrons. The maximum Gasteiger partial charge on any atom is 0.226 e. The summed E-state index contributed by atoms with van der Waals surface area (Å²) in [5, 5.41) is 4.63. The number of thiazole rings is 1. The molecule has 1 heterocycles. The van der Waals surface area contributed by atoms with Crippen molar-refractivity contribution in [2.75, 3.05) is 10.6 Å². The smallest absolute Gasteiger partial charge is 0.226 e. The van der Waals surface area contributed by atoms with Crippen LogP contribution in [0.25, 0.3) is 0 Å². The third-order valence-corrected chi connectivity index (χ3v) is 4.26. The second-order valence-electron chi connectivity index (χ2n) is 3.94. The second kappa shape index (κ2) is 5.77. The number of amides is 1. The standard InChI is InChI=1S/C11H15BrN2OS/c12-7-2-1-6-10(15)14-11-13-8-4-3-5-9(8)16-11/h1-7H2,(H,13,14,15). The highest BCUT2D eigenvalue weighted by Crippen LogP contribution is 2.30. The molecule has 0 fully saturated rings. The summed E-state index contributed by atoms with van der Waals surface area (Å²) in [6.45, 7) is 0. The van der Waals surface area contributed by atoms with Gasteiger partial charge in [-0.05, 0) is 32.1 Å². The van der Waals surface area contributed by atoms with Crippen molar-refractivity contribution in [3.05, 3.63) is 10.6 Å². The number of hydrogen-bond donors (Lipinski definition) is 1. The van der Waals surface area contributed by atoms with Crippen molar-refractivity contribution >= 4 is 38.3 Å². The Labute approximate surface area is 108 Å². The summed E-state index contributed by atoms with van der Waals surface area (Å²) in [4.78, 5) is 17.3. The van der Waals surface area contributed by atoms with Crippen molar-refractivity contribution in [1.29, 1.82) is 0 Å². The molecule has 1 aromatic rings. The molecule has 0 aliphatic heterocycles. The van der Waals surface area contributed by atoms with E-state index in [0.29, 0.717) is 6.42 Å². The summed E-state index contributed by atoms with van der Waals surface area (Å²) in [5.41, 5.74) is 1.20. The Balaban J connectivity index is 1.82. The normalized spacial score (nSPS) is 13.8. The molecule has 88 valence electrons. The fraction of sp³-hybridized carbons (Fsp3) is 0.636. The number of halogens is 1. The molecular weight excluding hydrogens is 288 g/mol. The van der Waals surface area contributed by atoms with Crippen LogP contribution in [0.4, 0.5) is 5.13 Å². The van der Waals surface area contributed by atoms with E-state index in [4.69, 9.17) is 0 Å². The van der Waals surface area contributed by atoms with Crippen molar-refractivity contribution < 1.29 is 4.79 Å². The van der Waals surface area contributed by atoms with E-state index >= 15 is 0 Å². The van der Waals surface area contributed by atoms with Gasteiger partial charge in [0.25, 0.3) is 0 Å². The Hall–Kier alpha value is -0.420. The van der Waals surface area contributed by atoms with Crippen LogP contribution in [0.2, 0.25) is 0 Å². The third kappa shape index (κ3) is 3.04. The van der Waals surface area contributed by atoms with E-state index in [2.05, 4.69) is 26.2 Å². The van der Waals surface area contributed by atoms with Gasteiger partial charge >= 0.3 is 0 Å². The summed E-state index contributed by atoms with van der Waals surface area (Å²) < 4.78 is 0. The van der Waals surface area contributed by atoms with Gasteiger partial charge in [-0.1, -0.05) is 15.9 Å². The lowest BCUT2D eigenvalue weighted by Gasteiger charge is -2.00. The number of fused-ring (bicyclic) bond motifs is 1. The average molecular weight is 303 g/mol. The number of nitrogens with one attached hydrogen (secondary N) is 1. The Morgan fingerprint density at radius 2 is 2.31 bits per heavy atom. The number of carbonyl (C=O) groups is 1. The minimum atomic E-state index is 0.0911.